The Kier molecular flexibility index (Phi) is 126. The minimum absolute atomic E-state index is 0. The van der Waals surface area contributed by atoms with E-state index in [9.17, 15) is 0 Å². The van der Waals surface area contributed by atoms with E-state index in [2.05, 4.69) is 0 Å². The van der Waals surface area contributed by atoms with E-state index in [1.807, 2.05) is 0 Å². The maximum absolute atomic E-state index is 8.74. The van der Waals surface area contributed by atoms with Crippen LogP contribution in [0.15, 0.2) is 0 Å². The molecule has 0 aliphatic heterocycles. The van der Waals surface area contributed by atoms with Gasteiger partial charge < -0.3 is 15.1 Å². The van der Waals surface area contributed by atoms with Crippen LogP contribution in [0.2, 0.25) is 0 Å². The fourth-order valence-electron chi connectivity index (χ4n) is 0. The summed E-state index contributed by atoms with van der Waals surface area (Å²) >= 11 is 0. The van der Waals surface area contributed by atoms with Crippen molar-refractivity contribution in [3.8, 4) is 0 Å². The van der Waals surface area contributed by atoms with E-state index in [0.717, 1.165) is 0 Å². The molecule has 4 nitrogen and oxygen atoms in total. The molecule has 9 heavy (non-hydrogen) atoms. The van der Waals surface area contributed by atoms with Gasteiger partial charge >= 0.3 is 128 Å². The first-order chi connectivity index (χ1) is 1.73. The standard InChI is InChI=1S/Al.Ca.K.Na.H2O3Si.H2O.7H/c;;;;1-4(2)3;;;;;;;;/h;;;;1-2H;1H2;;;;;;;. The second-order valence-corrected chi connectivity index (χ2v) is 0.848. The van der Waals surface area contributed by atoms with Crippen molar-refractivity contribution in [3.63, 3.8) is 0 Å². The summed E-state index contributed by atoms with van der Waals surface area (Å²) < 4.78 is 8.74. The first kappa shape index (κ1) is 38.2. The van der Waals surface area contributed by atoms with E-state index in [4.69, 9.17) is 14.1 Å². The Balaban J connectivity index is -0.00000000450. The molecule has 0 aliphatic carbocycles. The average molecular weight is 232 g/mol. The Bertz CT molecular complexity index is 43.5. The van der Waals surface area contributed by atoms with E-state index in [1.54, 1.807) is 0 Å². The van der Waals surface area contributed by atoms with Crippen LogP contribution in [-0.4, -0.2) is 160 Å². The molecule has 0 saturated heterocycles. The van der Waals surface area contributed by atoms with E-state index >= 15 is 0 Å². The Labute approximate surface area is 160 Å². The van der Waals surface area contributed by atoms with Crippen LogP contribution in [0.1, 0.15) is 0 Å². The summed E-state index contributed by atoms with van der Waals surface area (Å²) in [5.74, 6) is 0. The normalized spacial score (nSPS) is 2.67. The van der Waals surface area contributed by atoms with Gasteiger partial charge in [-0.05, 0) is 0 Å². The predicted molar refractivity (Wildman–Crippen MR) is 47.3 cm³/mol. The summed E-state index contributed by atoms with van der Waals surface area (Å²) in [6.45, 7) is 0. The van der Waals surface area contributed by atoms with Crippen molar-refractivity contribution in [1.82, 2.24) is 0 Å². The van der Waals surface area contributed by atoms with Gasteiger partial charge in [0.1, 0.15) is 0 Å². The van der Waals surface area contributed by atoms with E-state index in [0.29, 0.717) is 0 Å². The van der Waals surface area contributed by atoms with Crippen molar-refractivity contribution in [3.05, 3.63) is 0 Å². The van der Waals surface area contributed by atoms with E-state index in [1.165, 1.54) is 0 Å². The SMILES string of the molecule is O.O=[Si](O)O.[AlH3].[CaH2].[KH].[NaH]. The van der Waals surface area contributed by atoms with Gasteiger partial charge in [-0.25, -0.2) is 0 Å². The van der Waals surface area contributed by atoms with E-state index < -0.39 is 9.17 Å². The fourth-order valence-corrected chi connectivity index (χ4v) is 0. The molecule has 9 heteroatoms. The van der Waals surface area contributed by atoms with Crippen molar-refractivity contribution in [2.24, 2.45) is 0 Å². The second-order valence-electron chi connectivity index (χ2n) is 0.283. The van der Waals surface area contributed by atoms with Gasteiger partial charge in [-0.2, -0.15) is 0 Å². The number of hydrogen-bond acceptors (Lipinski definition) is 1. The van der Waals surface area contributed by atoms with Gasteiger partial charge in [-0.1, -0.05) is 0 Å². The summed E-state index contributed by atoms with van der Waals surface area (Å²) in [5.41, 5.74) is 0. The molecule has 46 valence electrons. The molecular formula is H11AlCaKNaO4Si. The first-order valence-corrected chi connectivity index (χ1v) is 1.95. The van der Waals surface area contributed by atoms with Gasteiger partial charge in [-0.3, -0.25) is 4.46 Å². The number of rotatable bonds is 0. The van der Waals surface area contributed by atoms with Gasteiger partial charge in [-0.15, -0.1) is 0 Å². The van der Waals surface area contributed by atoms with Gasteiger partial charge in [0, 0.05) is 0 Å². The molecule has 0 aromatic rings. The molecule has 4 N–H and O–H groups in total. The van der Waals surface area contributed by atoms with Crippen LogP contribution in [0, 0.1) is 0 Å². The van der Waals surface area contributed by atoms with Crippen molar-refractivity contribution >= 4 is 145 Å². The van der Waals surface area contributed by atoms with Crippen LogP contribution in [-0.2, 0) is 4.46 Å². The van der Waals surface area contributed by atoms with Crippen LogP contribution in [0.4, 0.5) is 0 Å². The molecule has 0 bridgehead atoms. The first-order valence-electron chi connectivity index (χ1n) is 0.651. The topological polar surface area (TPSA) is 89.0 Å². The zero-order chi connectivity index (χ0) is 3.58. The molecular weight excluding hydrogens is 221 g/mol. The van der Waals surface area contributed by atoms with E-state index in [-0.39, 0.29) is 142 Å². The molecule has 0 fully saturated rings. The molecule has 0 atom stereocenters. The third kappa shape index (κ3) is 74.9. The molecule has 0 aliphatic rings. The third-order valence-electron chi connectivity index (χ3n) is 0. The van der Waals surface area contributed by atoms with Crippen LogP contribution in [0.3, 0.4) is 0 Å². The summed E-state index contributed by atoms with van der Waals surface area (Å²) in [4.78, 5) is 14.3. The summed E-state index contributed by atoms with van der Waals surface area (Å²) in [6.07, 6.45) is 0. The van der Waals surface area contributed by atoms with Crippen molar-refractivity contribution in [2.75, 3.05) is 0 Å². The quantitative estimate of drug-likeness (QED) is 0.408. The molecule has 0 rings (SSSR count). The zero-order valence-electron chi connectivity index (χ0n) is 2.30. The van der Waals surface area contributed by atoms with Gasteiger partial charge in [0.2, 0.25) is 0 Å². The van der Waals surface area contributed by atoms with Crippen molar-refractivity contribution in [2.45, 2.75) is 0 Å². The molecule has 0 spiro atoms. The van der Waals surface area contributed by atoms with Crippen LogP contribution in [0.5, 0.6) is 0 Å². The van der Waals surface area contributed by atoms with Crippen molar-refractivity contribution < 1.29 is 19.5 Å². The maximum atomic E-state index is 8.74. The van der Waals surface area contributed by atoms with Crippen LogP contribution >= 0.6 is 0 Å². The monoisotopic (exact) mass is 232 g/mol. The molecule has 0 radical (unpaired) electrons. The Morgan fingerprint density at radius 1 is 1.22 bits per heavy atom. The summed E-state index contributed by atoms with van der Waals surface area (Å²) in [6, 6.07) is 0. The number of hydrogen-bond donors (Lipinski definition) is 2. The molecule has 0 unspecified atom stereocenters. The second kappa shape index (κ2) is 29.6. The minimum atomic E-state index is -3.13. The summed E-state index contributed by atoms with van der Waals surface area (Å²) in [7, 11) is -3.13. The molecule has 0 aromatic heterocycles. The molecule has 0 aromatic carbocycles. The van der Waals surface area contributed by atoms with Crippen LogP contribution in [0.25, 0.3) is 0 Å². The Hall–Kier alpha value is 4.01. The average Bonchev–Trinajstić information content (AvgIpc) is 0.811. The Morgan fingerprint density at radius 2 is 1.22 bits per heavy atom. The fraction of sp³-hybridized carbons (Fsp3) is 0. The Morgan fingerprint density at radius 3 is 1.22 bits per heavy atom. The van der Waals surface area contributed by atoms with Gasteiger partial charge in [0.25, 0.3) is 0 Å². The predicted octanol–water partition coefficient (Wildman–Crippen LogP) is -5.84. The molecule has 0 saturated carbocycles. The van der Waals surface area contributed by atoms with Crippen molar-refractivity contribution in [1.29, 1.82) is 0 Å². The van der Waals surface area contributed by atoms with Gasteiger partial charge in [0.05, 0.1) is 0 Å². The molecule has 0 heterocycles. The van der Waals surface area contributed by atoms with Gasteiger partial charge in [0.15, 0.2) is 17.4 Å². The zero-order valence-corrected chi connectivity index (χ0v) is 3.30. The molecule has 0 amide bonds. The summed E-state index contributed by atoms with van der Waals surface area (Å²) in [5, 5.41) is 0. The third-order valence-corrected chi connectivity index (χ3v) is 0. The van der Waals surface area contributed by atoms with Crippen LogP contribution < -0.4 is 0 Å².